The Bertz CT molecular complexity index is 720. The predicted octanol–water partition coefficient (Wildman–Crippen LogP) is 1.03. The van der Waals surface area contributed by atoms with Gasteiger partial charge in [0.25, 0.3) is 5.56 Å². The average molecular weight is 325 g/mol. The number of halogens is 1. The maximum Gasteiger partial charge on any atom is 0.329 e. The quantitative estimate of drug-likeness (QED) is 0.786. The number of rotatable bonds is 3. The summed E-state index contributed by atoms with van der Waals surface area (Å²) >= 11 is 3.42. The van der Waals surface area contributed by atoms with E-state index < -0.39 is 11.2 Å². The summed E-state index contributed by atoms with van der Waals surface area (Å²) in [4.78, 5) is 25.2. The van der Waals surface area contributed by atoms with E-state index in [0.29, 0.717) is 6.54 Å². The molecule has 0 amide bonds. The number of benzene rings is 1. The number of nitrogen functional groups attached to an aromatic ring is 1. The molecule has 4 N–H and O–H groups in total. The van der Waals surface area contributed by atoms with E-state index >= 15 is 0 Å². The Morgan fingerprint density at radius 3 is 2.74 bits per heavy atom. The summed E-state index contributed by atoms with van der Waals surface area (Å²) in [6.07, 6.45) is 0. The van der Waals surface area contributed by atoms with Crippen LogP contribution in [0.3, 0.4) is 0 Å². The molecular weight excluding hydrogens is 312 g/mol. The minimum atomic E-state index is -0.533. The van der Waals surface area contributed by atoms with Crippen molar-refractivity contribution in [2.24, 2.45) is 7.05 Å². The van der Waals surface area contributed by atoms with Crippen molar-refractivity contribution in [1.29, 1.82) is 0 Å². The zero-order chi connectivity index (χ0) is 14.0. The molecule has 2 aromatic rings. The van der Waals surface area contributed by atoms with Gasteiger partial charge in [-0.2, -0.15) is 0 Å². The van der Waals surface area contributed by atoms with Crippen LogP contribution in [0.25, 0.3) is 0 Å². The Kier molecular flexibility index (Phi) is 3.75. The number of nitrogens with zero attached hydrogens (tertiary/aromatic N) is 1. The van der Waals surface area contributed by atoms with Gasteiger partial charge in [0.15, 0.2) is 0 Å². The topological polar surface area (TPSA) is 92.9 Å². The van der Waals surface area contributed by atoms with Gasteiger partial charge in [-0.3, -0.25) is 14.3 Å². The first kappa shape index (κ1) is 13.4. The van der Waals surface area contributed by atoms with Crippen LogP contribution in [0.15, 0.2) is 38.3 Å². The number of aromatic amines is 1. The molecule has 100 valence electrons. The van der Waals surface area contributed by atoms with E-state index in [2.05, 4.69) is 26.2 Å². The molecule has 0 aliphatic rings. The number of H-pyrrole nitrogens is 1. The first-order chi connectivity index (χ1) is 9.00. The van der Waals surface area contributed by atoms with Crippen molar-refractivity contribution >= 4 is 27.4 Å². The molecule has 1 aromatic carbocycles. The molecule has 7 heteroatoms. The molecular formula is C12H13BrN4O2. The third-order valence-corrected chi connectivity index (χ3v) is 3.56. The zero-order valence-electron chi connectivity index (χ0n) is 10.2. The van der Waals surface area contributed by atoms with Crippen molar-refractivity contribution in [1.82, 2.24) is 9.55 Å². The predicted molar refractivity (Wildman–Crippen MR) is 78.2 cm³/mol. The molecule has 19 heavy (non-hydrogen) atoms. The second-order valence-corrected chi connectivity index (χ2v) is 4.88. The number of nitrogens with two attached hydrogens (primary N) is 1. The van der Waals surface area contributed by atoms with Crippen molar-refractivity contribution in [3.05, 3.63) is 55.1 Å². The number of anilines is 2. The highest BCUT2D eigenvalue weighted by molar-refractivity contribution is 9.10. The minimum absolute atomic E-state index is 0.112. The number of nitrogens with one attached hydrogen (secondary N) is 2. The minimum Gasteiger partial charge on any atom is -0.383 e. The molecule has 0 radical (unpaired) electrons. The molecule has 0 spiro atoms. The molecule has 0 fully saturated rings. The lowest BCUT2D eigenvalue weighted by Gasteiger charge is -2.11. The molecule has 0 atom stereocenters. The first-order valence-electron chi connectivity index (χ1n) is 5.56. The monoisotopic (exact) mass is 324 g/mol. The Morgan fingerprint density at radius 1 is 1.37 bits per heavy atom. The Hall–Kier alpha value is -2.02. The SMILES string of the molecule is Cn1c(N)c(NCc2ccccc2Br)c(=O)[nH]c1=O. The van der Waals surface area contributed by atoms with Gasteiger partial charge in [0, 0.05) is 18.1 Å². The highest BCUT2D eigenvalue weighted by Gasteiger charge is 2.09. The van der Waals surface area contributed by atoms with E-state index in [4.69, 9.17) is 5.73 Å². The maximum atomic E-state index is 11.7. The summed E-state index contributed by atoms with van der Waals surface area (Å²) in [7, 11) is 1.50. The second kappa shape index (κ2) is 5.31. The fourth-order valence-corrected chi connectivity index (χ4v) is 2.06. The average Bonchev–Trinajstić information content (AvgIpc) is 2.38. The van der Waals surface area contributed by atoms with Gasteiger partial charge in [0.1, 0.15) is 11.5 Å². The maximum absolute atomic E-state index is 11.7. The van der Waals surface area contributed by atoms with E-state index in [1.54, 1.807) is 0 Å². The van der Waals surface area contributed by atoms with E-state index in [9.17, 15) is 9.59 Å². The summed E-state index contributed by atoms with van der Waals surface area (Å²) in [6.45, 7) is 0.424. The lowest BCUT2D eigenvalue weighted by molar-refractivity contribution is 0.812. The Labute approximate surface area is 117 Å². The molecule has 1 aromatic heterocycles. The molecule has 0 aliphatic heterocycles. The summed E-state index contributed by atoms with van der Waals surface area (Å²) < 4.78 is 2.12. The van der Waals surface area contributed by atoms with Crippen LogP contribution in [-0.2, 0) is 13.6 Å². The van der Waals surface area contributed by atoms with Crippen molar-refractivity contribution < 1.29 is 0 Å². The van der Waals surface area contributed by atoms with Crippen LogP contribution in [0.1, 0.15) is 5.56 Å². The third-order valence-electron chi connectivity index (χ3n) is 2.78. The van der Waals surface area contributed by atoms with Crippen LogP contribution in [0.4, 0.5) is 11.5 Å². The molecule has 0 bridgehead atoms. The van der Waals surface area contributed by atoms with Gasteiger partial charge >= 0.3 is 5.69 Å². The molecule has 1 heterocycles. The van der Waals surface area contributed by atoms with Crippen molar-refractivity contribution in [2.45, 2.75) is 6.54 Å². The van der Waals surface area contributed by atoms with Gasteiger partial charge in [-0.05, 0) is 11.6 Å². The lowest BCUT2D eigenvalue weighted by Crippen LogP contribution is -2.32. The molecule has 6 nitrogen and oxygen atoms in total. The van der Waals surface area contributed by atoms with Gasteiger partial charge in [0.05, 0.1) is 0 Å². The van der Waals surface area contributed by atoms with Gasteiger partial charge in [-0.15, -0.1) is 0 Å². The van der Waals surface area contributed by atoms with Crippen LogP contribution in [-0.4, -0.2) is 9.55 Å². The fourth-order valence-electron chi connectivity index (χ4n) is 1.63. The number of hydrogen-bond acceptors (Lipinski definition) is 4. The largest absolute Gasteiger partial charge is 0.383 e. The number of aromatic nitrogens is 2. The molecule has 0 saturated heterocycles. The zero-order valence-corrected chi connectivity index (χ0v) is 11.8. The van der Waals surface area contributed by atoms with E-state index in [0.717, 1.165) is 10.0 Å². The van der Waals surface area contributed by atoms with Crippen molar-refractivity contribution in [3.8, 4) is 0 Å². The standard InChI is InChI=1S/C12H13BrN4O2/c1-17-10(14)9(11(18)16-12(17)19)15-6-7-4-2-3-5-8(7)13/h2-5,15H,6,14H2,1H3,(H,16,18,19). The van der Waals surface area contributed by atoms with Crippen LogP contribution >= 0.6 is 15.9 Å². The Morgan fingerprint density at radius 2 is 2.05 bits per heavy atom. The molecule has 0 unspecified atom stereocenters. The Balaban J connectivity index is 2.31. The van der Waals surface area contributed by atoms with Gasteiger partial charge in [-0.25, -0.2) is 4.79 Å². The van der Waals surface area contributed by atoms with Crippen LogP contribution < -0.4 is 22.3 Å². The third kappa shape index (κ3) is 2.70. The fraction of sp³-hybridized carbons (Fsp3) is 0.167. The van der Waals surface area contributed by atoms with Gasteiger partial charge in [-0.1, -0.05) is 34.1 Å². The molecule has 0 aliphatic carbocycles. The summed E-state index contributed by atoms with van der Waals surface area (Å²) in [6, 6.07) is 7.63. The molecule has 2 rings (SSSR count). The van der Waals surface area contributed by atoms with Crippen LogP contribution in [0, 0.1) is 0 Å². The highest BCUT2D eigenvalue weighted by atomic mass is 79.9. The van der Waals surface area contributed by atoms with E-state index in [1.807, 2.05) is 24.3 Å². The van der Waals surface area contributed by atoms with Crippen LogP contribution in [0.2, 0.25) is 0 Å². The highest BCUT2D eigenvalue weighted by Crippen LogP contribution is 2.17. The van der Waals surface area contributed by atoms with Gasteiger partial charge < -0.3 is 11.1 Å². The first-order valence-corrected chi connectivity index (χ1v) is 6.36. The smallest absolute Gasteiger partial charge is 0.329 e. The van der Waals surface area contributed by atoms with Crippen LogP contribution in [0.5, 0.6) is 0 Å². The van der Waals surface area contributed by atoms with Crippen molar-refractivity contribution in [2.75, 3.05) is 11.1 Å². The van der Waals surface area contributed by atoms with E-state index in [-0.39, 0.29) is 11.5 Å². The second-order valence-electron chi connectivity index (χ2n) is 4.02. The summed E-state index contributed by atoms with van der Waals surface area (Å²) in [5.41, 5.74) is 5.88. The van der Waals surface area contributed by atoms with E-state index in [1.165, 1.54) is 11.6 Å². The van der Waals surface area contributed by atoms with Gasteiger partial charge in [0.2, 0.25) is 0 Å². The summed E-state index contributed by atoms with van der Waals surface area (Å²) in [5.74, 6) is 0.112. The van der Waals surface area contributed by atoms with Crippen molar-refractivity contribution in [3.63, 3.8) is 0 Å². The molecule has 0 saturated carbocycles. The summed E-state index contributed by atoms with van der Waals surface area (Å²) in [5, 5.41) is 2.95. The number of hydrogen-bond donors (Lipinski definition) is 3. The lowest BCUT2D eigenvalue weighted by atomic mass is 10.2. The normalized spacial score (nSPS) is 10.4.